The van der Waals surface area contributed by atoms with E-state index in [2.05, 4.69) is 30.1 Å². The predicted octanol–water partition coefficient (Wildman–Crippen LogP) is 6.25. The van der Waals surface area contributed by atoms with Gasteiger partial charge in [0.25, 0.3) is 5.91 Å². The Hall–Kier alpha value is -1.76. The van der Waals surface area contributed by atoms with E-state index in [1.807, 2.05) is 6.08 Å². The van der Waals surface area contributed by atoms with Gasteiger partial charge < -0.3 is 10.2 Å². The van der Waals surface area contributed by atoms with Crippen LogP contribution in [0.2, 0.25) is 0 Å². The topological polar surface area (TPSA) is 56.1 Å². The number of carbonyl (C=O) groups is 1. The van der Waals surface area contributed by atoms with Crippen LogP contribution in [0.4, 0.5) is 0 Å². The van der Waals surface area contributed by atoms with Gasteiger partial charge >= 0.3 is 0 Å². The molecule has 0 aliphatic carbocycles. The summed E-state index contributed by atoms with van der Waals surface area (Å²) >= 11 is 0. The summed E-state index contributed by atoms with van der Waals surface area (Å²) in [7, 11) is 0. The lowest BCUT2D eigenvalue weighted by Gasteiger charge is -2.19. The van der Waals surface area contributed by atoms with Crippen molar-refractivity contribution in [2.45, 2.75) is 104 Å². The molecule has 0 radical (unpaired) electrons. The maximum Gasteiger partial charge on any atom is 0.261 e. The Morgan fingerprint density at radius 2 is 1.62 bits per heavy atom. The van der Waals surface area contributed by atoms with E-state index in [1.54, 1.807) is 6.08 Å². The van der Waals surface area contributed by atoms with Crippen LogP contribution in [0, 0.1) is 11.3 Å². The highest BCUT2D eigenvalue weighted by Crippen LogP contribution is 2.21. The first-order valence-electron chi connectivity index (χ1n) is 12.1. The summed E-state index contributed by atoms with van der Waals surface area (Å²) in [6.07, 6.45) is 21.1. The van der Waals surface area contributed by atoms with Crippen molar-refractivity contribution in [2.75, 3.05) is 19.6 Å². The molecule has 1 rings (SSSR count). The Kier molecular flexibility index (Phi) is 14.9. The van der Waals surface area contributed by atoms with E-state index in [0.29, 0.717) is 6.54 Å². The monoisotopic (exact) mass is 401 g/mol. The second-order valence-electron chi connectivity index (χ2n) is 8.23. The lowest BCUT2D eigenvalue weighted by molar-refractivity contribution is -0.117. The molecular formula is C25H43N3O. The fourth-order valence-electron chi connectivity index (χ4n) is 3.80. The summed E-state index contributed by atoms with van der Waals surface area (Å²) in [5.74, 6) is -0.238. The van der Waals surface area contributed by atoms with Crippen LogP contribution in [0.15, 0.2) is 23.4 Å². The van der Waals surface area contributed by atoms with Crippen molar-refractivity contribution in [1.82, 2.24) is 10.2 Å². The second kappa shape index (κ2) is 17.1. The van der Waals surface area contributed by atoms with Gasteiger partial charge in [-0.3, -0.25) is 4.79 Å². The maximum absolute atomic E-state index is 12.2. The first kappa shape index (κ1) is 25.3. The van der Waals surface area contributed by atoms with Crippen molar-refractivity contribution in [3.8, 4) is 6.07 Å². The average Bonchev–Trinajstić information content (AvgIpc) is 3.18. The number of hydrogen-bond donors (Lipinski definition) is 1. The number of hydrogen-bond acceptors (Lipinski definition) is 3. The lowest BCUT2D eigenvalue weighted by atomic mass is 10.1. The maximum atomic E-state index is 12.2. The molecule has 0 unspecified atom stereocenters. The Morgan fingerprint density at radius 1 is 1.00 bits per heavy atom. The Labute approximate surface area is 179 Å². The zero-order chi connectivity index (χ0) is 21.2. The molecule has 0 saturated carbocycles. The van der Waals surface area contributed by atoms with Gasteiger partial charge in [-0.15, -0.1) is 0 Å². The number of nitrogens with one attached hydrogen (secondary N) is 1. The highest BCUT2D eigenvalue weighted by molar-refractivity contribution is 5.97. The second-order valence-corrected chi connectivity index (χ2v) is 8.23. The smallest absolute Gasteiger partial charge is 0.261 e. The molecule has 1 N–H and O–H groups in total. The van der Waals surface area contributed by atoms with Crippen molar-refractivity contribution in [2.24, 2.45) is 0 Å². The minimum Gasteiger partial charge on any atom is -0.375 e. The molecule has 0 aromatic carbocycles. The lowest BCUT2D eigenvalue weighted by Crippen LogP contribution is -2.25. The summed E-state index contributed by atoms with van der Waals surface area (Å²) in [6.45, 7) is 7.28. The highest BCUT2D eigenvalue weighted by Gasteiger charge is 2.15. The predicted molar refractivity (Wildman–Crippen MR) is 122 cm³/mol. The van der Waals surface area contributed by atoms with Crippen molar-refractivity contribution in [1.29, 1.82) is 5.26 Å². The largest absolute Gasteiger partial charge is 0.375 e. The van der Waals surface area contributed by atoms with Crippen LogP contribution in [-0.2, 0) is 4.79 Å². The zero-order valence-electron chi connectivity index (χ0n) is 19.0. The molecule has 4 nitrogen and oxygen atoms in total. The number of carbonyl (C=O) groups excluding carboxylic acids is 1. The van der Waals surface area contributed by atoms with E-state index in [-0.39, 0.29) is 11.5 Å². The van der Waals surface area contributed by atoms with Crippen LogP contribution in [0.25, 0.3) is 0 Å². The highest BCUT2D eigenvalue weighted by atomic mass is 16.1. The molecule has 0 aromatic rings. The van der Waals surface area contributed by atoms with E-state index in [4.69, 9.17) is 0 Å². The fourth-order valence-corrected chi connectivity index (χ4v) is 3.80. The number of allylic oxidation sites excluding steroid dienone is 3. The van der Waals surface area contributed by atoms with Gasteiger partial charge in [0.1, 0.15) is 11.6 Å². The first-order chi connectivity index (χ1) is 14.2. The van der Waals surface area contributed by atoms with Crippen molar-refractivity contribution < 1.29 is 4.79 Å². The minimum absolute atomic E-state index is 0.215. The van der Waals surface area contributed by atoms with E-state index < -0.39 is 0 Å². The minimum atomic E-state index is -0.238. The molecule has 1 fully saturated rings. The summed E-state index contributed by atoms with van der Waals surface area (Å²) < 4.78 is 0. The molecule has 1 aliphatic rings. The SMILES string of the molecule is CCCCCCCCCCCCNC(=O)C(C#N)=CC=C1CCCN1CCCC. The van der Waals surface area contributed by atoms with Gasteiger partial charge in [0.05, 0.1) is 0 Å². The standard InChI is InChI=1S/C25H43N3O/c1-3-5-7-8-9-10-11-12-13-14-19-27-25(29)23(22-26)17-18-24-16-15-21-28(24)20-6-4-2/h17-18H,3-16,19-21H2,1-2H3,(H,27,29). The van der Waals surface area contributed by atoms with Gasteiger partial charge in [-0.2, -0.15) is 5.26 Å². The van der Waals surface area contributed by atoms with Gasteiger partial charge in [-0.05, 0) is 37.8 Å². The third-order valence-corrected chi connectivity index (χ3v) is 5.67. The van der Waals surface area contributed by atoms with Crippen LogP contribution in [0.1, 0.15) is 104 Å². The average molecular weight is 402 g/mol. The summed E-state index contributed by atoms with van der Waals surface area (Å²) in [5.41, 5.74) is 1.47. The molecule has 4 heteroatoms. The molecular weight excluding hydrogens is 358 g/mol. The molecule has 1 aliphatic heterocycles. The normalized spacial score (nSPS) is 15.7. The zero-order valence-corrected chi connectivity index (χ0v) is 19.0. The van der Waals surface area contributed by atoms with E-state index in [0.717, 1.165) is 38.8 Å². The van der Waals surface area contributed by atoms with Gasteiger partial charge in [-0.25, -0.2) is 0 Å². The number of unbranched alkanes of at least 4 members (excludes halogenated alkanes) is 10. The van der Waals surface area contributed by atoms with Gasteiger partial charge in [-0.1, -0.05) is 78.1 Å². The summed E-state index contributed by atoms with van der Waals surface area (Å²) in [6, 6.07) is 2.06. The third-order valence-electron chi connectivity index (χ3n) is 5.67. The molecule has 0 aromatic heterocycles. The van der Waals surface area contributed by atoms with Gasteiger partial charge in [0.15, 0.2) is 0 Å². The molecule has 1 saturated heterocycles. The summed E-state index contributed by atoms with van der Waals surface area (Å²) in [5, 5.41) is 12.2. The molecule has 0 atom stereocenters. The van der Waals surface area contributed by atoms with E-state index in [1.165, 1.54) is 69.9 Å². The van der Waals surface area contributed by atoms with Crippen LogP contribution in [0.3, 0.4) is 0 Å². The number of likely N-dealkylation sites (tertiary alicyclic amines) is 1. The molecule has 1 amide bonds. The van der Waals surface area contributed by atoms with Crippen LogP contribution < -0.4 is 5.32 Å². The molecule has 29 heavy (non-hydrogen) atoms. The van der Waals surface area contributed by atoms with Crippen molar-refractivity contribution >= 4 is 5.91 Å². The molecule has 1 heterocycles. The molecule has 164 valence electrons. The van der Waals surface area contributed by atoms with Crippen LogP contribution >= 0.6 is 0 Å². The van der Waals surface area contributed by atoms with Crippen LogP contribution in [-0.4, -0.2) is 30.4 Å². The Balaban J connectivity index is 2.21. The first-order valence-corrected chi connectivity index (χ1v) is 12.1. The quantitative estimate of drug-likeness (QED) is 0.189. The third kappa shape index (κ3) is 11.7. The van der Waals surface area contributed by atoms with E-state index >= 15 is 0 Å². The fraction of sp³-hybridized carbons (Fsp3) is 0.760. The Morgan fingerprint density at radius 3 is 2.24 bits per heavy atom. The molecule has 0 spiro atoms. The number of amides is 1. The van der Waals surface area contributed by atoms with Crippen LogP contribution in [0.5, 0.6) is 0 Å². The van der Waals surface area contributed by atoms with Crippen molar-refractivity contribution in [3.63, 3.8) is 0 Å². The van der Waals surface area contributed by atoms with Crippen molar-refractivity contribution in [3.05, 3.63) is 23.4 Å². The molecule has 0 bridgehead atoms. The number of rotatable bonds is 16. The van der Waals surface area contributed by atoms with Gasteiger partial charge in [0.2, 0.25) is 0 Å². The Bertz CT molecular complexity index is 545. The van der Waals surface area contributed by atoms with Gasteiger partial charge in [0, 0.05) is 25.3 Å². The number of nitrogens with zero attached hydrogens (tertiary/aromatic N) is 2. The van der Waals surface area contributed by atoms with E-state index in [9.17, 15) is 10.1 Å². The summed E-state index contributed by atoms with van der Waals surface area (Å²) in [4.78, 5) is 14.6. The number of nitriles is 1.